The number of amides is 1. The molecule has 0 aliphatic carbocycles. The van der Waals surface area contributed by atoms with Gasteiger partial charge in [-0.2, -0.15) is 0 Å². The topological polar surface area (TPSA) is 55.1 Å². The van der Waals surface area contributed by atoms with E-state index in [1.165, 1.54) is 6.07 Å². The lowest BCUT2D eigenvalue weighted by Gasteiger charge is -2.04. The summed E-state index contributed by atoms with van der Waals surface area (Å²) in [5.74, 6) is -2.07. The maximum absolute atomic E-state index is 12.8. The quantitative estimate of drug-likeness (QED) is 0.790. The standard InChI is InChI=1S/C11H14F2N2O.ClH/c12-9-3-2-8(6-10(9)13)7-11(16)15-5-1-4-14;/h2-3,6H,1,4-5,7,14H2,(H,15,16);1H. The molecular formula is C11H15ClF2N2O. The molecule has 0 bridgehead atoms. The molecule has 0 unspecified atom stereocenters. The molecule has 0 fully saturated rings. The summed E-state index contributed by atoms with van der Waals surface area (Å²) in [7, 11) is 0. The van der Waals surface area contributed by atoms with Gasteiger partial charge < -0.3 is 11.1 Å². The molecule has 0 radical (unpaired) electrons. The molecular weight excluding hydrogens is 250 g/mol. The van der Waals surface area contributed by atoms with Crippen molar-refractivity contribution < 1.29 is 13.6 Å². The summed E-state index contributed by atoms with van der Waals surface area (Å²) in [5.41, 5.74) is 5.71. The van der Waals surface area contributed by atoms with E-state index in [0.717, 1.165) is 12.1 Å². The van der Waals surface area contributed by atoms with Gasteiger partial charge in [0, 0.05) is 6.54 Å². The summed E-state index contributed by atoms with van der Waals surface area (Å²) in [6.45, 7) is 1.00. The molecule has 0 saturated heterocycles. The third-order valence-electron chi connectivity index (χ3n) is 2.05. The van der Waals surface area contributed by atoms with Gasteiger partial charge in [-0.05, 0) is 30.7 Å². The van der Waals surface area contributed by atoms with E-state index >= 15 is 0 Å². The SMILES string of the molecule is Cl.NCCCNC(=O)Cc1ccc(F)c(F)c1. The third-order valence-corrected chi connectivity index (χ3v) is 2.05. The molecule has 96 valence electrons. The Morgan fingerprint density at radius 1 is 1.29 bits per heavy atom. The maximum Gasteiger partial charge on any atom is 0.224 e. The summed E-state index contributed by atoms with van der Waals surface area (Å²) < 4.78 is 25.4. The van der Waals surface area contributed by atoms with Crippen LogP contribution in [0.25, 0.3) is 0 Å². The van der Waals surface area contributed by atoms with Crippen LogP contribution in [0.1, 0.15) is 12.0 Å². The summed E-state index contributed by atoms with van der Waals surface area (Å²) in [4.78, 5) is 11.3. The zero-order valence-electron chi connectivity index (χ0n) is 9.21. The van der Waals surface area contributed by atoms with Gasteiger partial charge in [-0.25, -0.2) is 8.78 Å². The molecule has 3 nitrogen and oxygen atoms in total. The van der Waals surface area contributed by atoms with Crippen molar-refractivity contribution in [2.45, 2.75) is 12.8 Å². The molecule has 1 aromatic rings. The van der Waals surface area contributed by atoms with Crippen LogP contribution in [0.2, 0.25) is 0 Å². The minimum atomic E-state index is -0.938. The zero-order chi connectivity index (χ0) is 12.0. The highest BCUT2D eigenvalue weighted by Crippen LogP contribution is 2.08. The monoisotopic (exact) mass is 264 g/mol. The number of halogens is 3. The minimum absolute atomic E-state index is 0. The summed E-state index contributed by atoms with van der Waals surface area (Å²) in [5, 5.41) is 2.63. The van der Waals surface area contributed by atoms with Crippen LogP contribution in [0.3, 0.4) is 0 Å². The molecule has 0 aromatic heterocycles. The van der Waals surface area contributed by atoms with Gasteiger partial charge in [0.15, 0.2) is 11.6 Å². The smallest absolute Gasteiger partial charge is 0.224 e. The van der Waals surface area contributed by atoms with E-state index in [4.69, 9.17) is 5.73 Å². The predicted octanol–water partition coefficient (Wildman–Crippen LogP) is 1.39. The van der Waals surface area contributed by atoms with Crippen molar-refractivity contribution in [1.82, 2.24) is 5.32 Å². The molecule has 0 aliphatic rings. The minimum Gasteiger partial charge on any atom is -0.356 e. The van der Waals surface area contributed by atoms with Gasteiger partial charge in [0.2, 0.25) is 5.91 Å². The molecule has 17 heavy (non-hydrogen) atoms. The number of rotatable bonds is 5. The van der Waals surface area contributed by atoms with Crippen LogP contribution in [0.15, 0.2) is 18.2 Å². The largest absolute Gasteiger partial charge is 0.356 e. The van der Waals surface area contributed by atoms with E-state index in [1.807, 2.05) is 0 Å². The Labute approximate surface area is 105 Å². The van der Waals surface area contributed by atoms with Gasteiger partial charge in [-0.15, -0.1) is 12.4 Å². The maximum atomic E-state index is 12.8. The van der Waals surface area contributed by atoms with E-state index in [9.17, 15) is 13.6 Å². The van der Waals surface area contributed by atoms with Crippen molar-refractivity contribution in [1.29, 1.82) is 0 Å². The van der Waals surface area contributed by atoms with Crippen molar-refractivity contribution >= 4 is 18.3 Å². The van der Waals surface area contributed by atoms with Crippen LogP contribution >= 0.6 is 12.4 Å². The fourth-order valence-electron chi connectivity index (χ4n) is 1.23. The molecule has 0 spiro atoms. The number of benzene rings is 1. The third kappa shape index (κ3) is 5.60. The molecule has 1 aromatic carbocycles. The highest BCUT2D eigenvalue weighted by Gasteiger charge is 2.06. The van der Waals surface area contributed by atoms with Crippen LogP contribution in [0.4, 0.5) is 8.78 Å². The number of carbonyl (C=O) groups is 1. The number of hydrogen-bond acceptors (Lipinski definition) is 2. The van der Waals surface area contributed by atoms with Crippen LogP contribution in [0, 0.1) is 11.6 Å². The normalized spacial score (nSPS) is 9.59. The number of hydrogen-bond donors (Lipinski definition) is 2. The molecule has 0 aliphatic heterocycles. The van der Waals surface area contributed by atoms with Gasteiger partial charge in [0.1, 0.15) is 0 Å². The highest BCUT2D eigenvalue weighted by molar-refractivity contribution is 5.85. The Bertz CT molecular complexity index is 374. The second-order valence-electron chi connectivity index (χ2n) is 3.42. The second kappa shape index (κ2) is 7.97. The average molecular weight is 265 g/mol. The Morgan fingerprint density at radius 2 is 2.00 bits per heavy atom. The number of nitrogens with two attached hydrogens (primary N) is 1. The van der Waals surface area contributed by atoms with Crippen LogP contribution < -0.4 is 11.1 Å². The van der Waals surface area contributed by atoms with Crippen molar-refractivity contribution in [3.8, 4) is 0 Å². The molecule has 0 heterocycles. The molecule has 3 N–H and O–H groups in total. The van der Waals surface area contributed by atoms with Crippen molar-refractivity contribution in [3.63, 3.8) is 0 Å². The second-order valence-corrected chi connectivity index (χ2v) is 3.42. The van der Waals surface area contributed by atoms with Crippen molar-refractivity contribution in [2.75, 3.05) is 13.1 Å². The van der Waals surface area contributed by atoms with Crippen molar-refractivity contribution in [3.05, 3.63) is 35.4 Å². The van der Waals surface area contributed by atoms with E-state index in [0.29, 0.717) is 25.1 Å². The number of carbonyl (C=O) groups excluding carboxylic acids is 1. The van der Waals surface area contributed by atoms with Gasteiger partial charge in [0.05, 0.1) is 6.42 Å². The predicted molar refractivity (Wildman–Crippen MR) is 64.0 cm³/mol. The Morgan fingerprint density at radius 3 is 2.59 bits per heavy atom. The fraction of sp³-hybridized carbons (Fsp3) is 0.364. The van der Waals surface area contributed by atoms with E-state index in [-0.39, 0.29) is 24.7 Å². The Hall–Kier alpha value is -1.20. The van der Waals surface area contributed by atoms with Gasteiger partial charge in [0.25, 0.3) is 0 Å². The first-order valence-electron chi connectivity index (χ1n) is 5.04. The van der Waals surface area contributed by atoms with Crippen LogP contribution in [-0.4, -0.2) is 19.0 Å². The molecule has 6 heteroatoms. The molecule has 0 atom stereocenters. The van der Waals surface area contributed by atoms with Gasteiger partial charge in [-0.3, -0.25) is 4.79 Å². The zero-order valence-corrected chi connectivity index (χ0v) is 10.0. The van der Waals surface area contributed by atoms with E-state index in [1.54, 1.807) is 0 Å². The summed E-state index contributed by atoms with van der Waals surface area (Å²) in [6, 6.07) is 3.43. The lowest BCUT2D eigenvalue weighted by molar-refractivity contribution is -0.120. The van der Waals surface area contributed by atoms with Gasteiger partial charge in [-0.1, -0.05) is 6.07 Å². The van der Waals surface area contributed by atoms with Gasteiger partial charge >= 0.3 is 0 Å². The van der Waals surface area contributed by atoms with Crippen LogP contribution in [-0.2, 0) is 11.2 Å². The van der Waals surface area contributed by atoms with E-state index < -0.39 is 11.6 Å². The molecule has 1 rings (SSSR count). The first-order chi connectivity index (χ1) is 7.63. The van der Waals surface area contributed by atoms with Crippen molar-refractivity contribution in [2.24, 2.45) is 5.73 Å². The first kappa shape index (κ1) is 15.8. The molecule has 1 amide bonds. The molecule has 0 saturated carbocycles. The van der Waals surface area contributed by atoms with Crippen LogP contribution in [0.5, 0.6) is 0 Å². The lowest BCUT2D eigenvalue weighted by Crippen LogP contribution is -2.27. The highest BCUT2D eigenvalue weighted by atomic mass is 35.5. The lowest BCUT2D eigenvalue weighted by atomic mass is 10.1. The average Bonchev–Trinajstić information content (AvgIpc) is 2.24. The summed E-state index contributed by atoms with van der Waals surface area (Å²) in [6.07, 6.45) is 0.741. The first-order valence-corrected chi connectivity index (χ1v) is 5.04. The fourth-order valence-corrected chi connectivity index (χ4v) is 1.23. The Balaban J connectivity index is 0.00000256. The Kier molecular flexibility index (Phi) is 7.41. The van der Waals surface area contributed by atoms with E-state index in [2.05, 4.69) is 5.32 Å². The summed E-state index contributed by atoms with van der Waals surface area (Å²) >= 11 is 0. The number of nitrogens with one attached hydrogen (secondary N) is 1.